The second-order valence-electron chi connectivity index (χ2n) is 10.2. The first-order valence-corrected chi connectivity index (χ1v) is 13.2. The molecule has 3 N–H and O–H groups in total. The highest BCUT2D eigenvalue weighted by Crippen LogP contribution is 2.40. The molecule has 0 atom stereocenters. The van der Waals surface area contributed by atoms with E-state index in [9.17, 15) is 31.5 Å². The molecule has 0 bridgehead atoms. The van der Waals surface area contributed by atoms with Gasteiger partial charge < -0.3 is 20.4 Å². The van der Waals surface area contributed by atoms with Gasteiger partial charge in [0.05, 0.1) is 23.4 Å². The van der Waals surface area contributed by atoms with E-state index in [1.807, 2.05) is 0 Å². The number of amides is 2. The van der Waals surface area contributed by atoms with E-state index in [1.165, 1.54) is 47.6 Å². The van der Waals surface area contributed by atoms with Gasteiger partial charge in [0.2, 0.25) is 5.91 Å². The van der Waals surface area contributed by atoms with E-state index < -0.39 is 42.3 Å². The lowest BCUT2D eigenvalue weighted by atomic mass is 10.0. The van der Waals surface area contributed by atoms with E-state index in [0.29, 0.717) is 16.9 Å². The summed E-state index contributed by atoms with van der Waals surface area (Å²) in [6.07, 6.45) is -0.156. The number of nitrogens with one attached hydrogen (secondary N) is 1. The number of rotatable bonds is 6. The highest BCUT2D eigenvalue weighted by Gasteiger charge is 2.37. The third-order valence-corrected chi connectivity index (χ3v) is 7.19. The van der Waals surface area contributed by atoms with E-state index in [4.69, 9.17) is 10.2 Å². The van der Waals surface area contributed by atoms with Gasteiger partial charge in [-0.1, -0.05) is 0 Å². The molecule has 4 heterocycles. The third kappa shape index (κ3) is 6.65. The highest BCUT2D eigenvalue weighted by molar-refractivity contribution is 5.95. The Morgan fingerprint density at radius 3 is 2.47 bits per heavy atom. The number of hydrogen-bond donors (Lipinski definition) is 2. The molecule has 0 unspecified atom stereocenters. The summed E-state index contributed by atoms with van der Waals surface area (Å²) in [5, 5.41) is 2.79. The zero-order valence-electron chi connectivity index (χ0n) is 22.8. The smallest absolute Gasteiger partial charge is 0.420 e. The van der Waals surface area contributed by atoms with Crippen LogP contribution in [0.25, 0.3) is 28.3 Å². The number of anilines is 1. The molecule has 1 fully saturated rings. The molecular weight excluding hydrogens is 573 g/mol. The maximum Gasteiger partial charge on any atom is 0.420 e. The second-order valence-corrected chi connectivity index (χ2v) is 10.2. The first-order chi connectivity index (χ1) is 20.3. The first kappa shape index (κ1) is 29.7. The van der Waals surface area contributed by atoms with Crippen molar-refractivity contribution >= 4 is 34.7 Å². The van der Waals surface area contributed by atoms with Gasteiger partial charge in [-0.25, -0.2) is 13.8 Å². The number of carbonyl (C=O) groups excluding carboxylic acids is 2. The number of nitrogens with two attached hydrogens (primary N) is 1. The number of aromatic nitrogens is 2. The number of benzene rings is 1. The molecule has 1 saturated heterocycles. The fourth-order valence-electron chi connectivity index (χ4n) is 4.72. The predicted molar refractivity (Wildman–Crippen MR) is 149 cm³/mol. The van der Waals surface area contributed by atoms with E-state index in [2.05, 4.69) is 15.3 Å². The summed E-state index contributed by atoms with van der Waals surface area (Å²) >= 11 is 0. The lowest BCUT2D eigenvalue weighted by Crippen LogP contribution is -2.42. The van der Waals surface area contributed by atoms with Crippen molar-refractivity contribution in [3.63, 3.8) is 0 Å². The Hall–Kier alpha value is -4.81. The number of likely N-dealkylation sites (tertiary alicyclic amines) is 1. The van der Waals surface area contributed by atoms with E-state index >= 15 is 0 Å². The third-order valence-electron chi connectivity index (χ3n) is 7.19. The van der Waals surface area contributed by atoms with Crippen molar-refractivity contribution < 1.29 is 36.0 Å². The highest BCUT2D eigenvalue weighted by atomic mass is 19.4. The molecule has 224 valence electrons. The largest absolute Gasteiger partial charge is 0.458 e. The maximum atomic E-state index is 14.1. The Morgan fingerprint density at radius 1 is 1.09 bits per heavy atom. The standard InChI is InChI=1S/C30H26F5N5O3/c1-17-21-12-20(23-5-4-19(15-37-23)28(42)40-10-8-29(31,32)9-11-40)13-22(30(33,34)35)27(21)43-24(17)16-39-26(41)7-3-18-2-6-25(36)38-14-18/h2-7,12-15H,8-11,16H2,1H3,(H2,36,38)(H,39,41). The average Bonchev–Trinajstić information content (AvgIpc) is 3.29. The number of aryl methyl sites for hydroxylation is 1. The SMILES string of the molecule is Cc1c(CNC(=O)C=Cc2ccc(N)nc2)oc2c(C(F)(F)F)cc(-c3ccc(C(=O)N4CCC(F)(F)CC4)cn3)cc12. The van der Waals surface area contributed by atoms with Crippen LogP contribution in [0.15, 0.2) is 59.3 Å². The zero-order chi connectivity index (χ0) is 30.9. The summed E-state index contributed by atoms with van der Waals surface area (Å²) in [5.41, 5.74) is 5.63. The number of nitrogens with zero attached hydrogens (tertiary/aromatic N) is 3. The lowest BCUT2D eigenvalue weighted by molar-refractivity contribution is -0.136. The van der Waals surface area contributed by atoms with Crippen LogP contribution in [-0.2, 0) is 17.5 Å². The normalized spacial score (nSPS) is 15.3. The second kappa shape index (κ2) is 11.5. The fraction of sp³-hybridized carbons (Fsp3) is 0.267. The van der Waals surface area contributed by atoms with Gasteiger partial charge in [-0.15, -0.1) is 0 Å². The molecule has 5 rings (SSSR count). The Labute approximate surface area is 242 Å². The van der Waals surface area contributed by atoms with Crippen LogP contribution in [0.3, 0.4) is 0 Å². The number of hydrogen-bond acceptors (Lipinski definition) is 6. The molecule has 2 amide bonds. The number of nitrogen functional groups attached to an aromatic ring is 1. The fourth-order valence-corrected chi connectivity index (χ4v) is 4.72. The molecule has 43 heavy (non-hydrogen) atoms. The number of piperidine rings is 1. The number of pyridine rings is 2. The van der Waals surface area contributed by atoms with Crippen LogP contribution in [0.4, 0.5) is 27.8 Å². The van der Waals surface area contributed by atoms with Crippen LogP contribution < -0.4 is 11.1 Å². The van der Waals surface area contributed by atoms with Crippen molar-refractivity contribution in [2.24, 2.45) is 0 Å². The van der Waals surface area contributed by atoms with Crippen LogP contribution in [0, 0.1) is 6.92 Å². The Kier molecular flexibility index (Phi) is 7.91. The minimum atomic E-state index is -4.76. The maximum absolute atomic E-state index is 14.1. The van der Waals surface area contributed by atoms with E-state index in [0.717, 1.165) is 6.07 Å². The molecule has 8 nitrogen and oxygen atoms in total. The van der Waals surface area contributed by atoms with Crippen LogP contribution in [0.2, 0.25) is 0 Å². The minimum absolute atomic E-state index is 0.0991. The van der Waals surface area contributed by atoms with Gasteiger partial charge in [-0.05, 0) is 55.0 Å². The van der Waals surface area contributed by atoms with E-state index in [1.54, 1.807) is 19.1 Å². The Bertz CT molecular complexity index is 1690. The molecule has 0 saturated carbocycles. The average molecular weight is 600 g/mol. The van der Waals surface area contributed by atoms with Gasteiger partial charge in [0.15, 0.2) is 0 Å². The molecule has 3 aromatic heterocycles. The van der Waals surface area contributed by atoms with Crippen molar-refractivity contribution in [2.45, 2.75) is 38.4 Å². The number of fused-ring (bicyclic) bond motifs is 1. The van der Waals surface area contributed by atoms with E-state index in [-0.39, 0.29) is 53.2 Å². The van der Waals surface area contributed by atoms with Gasteiger partial charge in [-0.3, -0.25) is 14.6 Å². The van der Waals surface area contributed by atoms with Gasteiger partial charge >= 0.3 is 6.18 Å². The van der Waals surface area contributed by atoms with Crippen molar-refractivity contribution in [3.05, 3.63) is 82.9 Å². The monoisotopic (exact) mass is 599 g/mol. The van der Waals surface area contributed by atoms with Crippen LogP contribution in [-0.4, -0.2) is 45.7 Å². The van der Waals surface area contributed by atoms with Crippen molar-refractivity contribution in [1.82, 2.24) is 20.2 Å². The topological polar surface area (TPSA) is 114 Å². The van der Waals surface area contributed by atoms with Gasteiger partial charge in [0, 0.05) is 60.9 Å². The quantitative estimate of drug-likeness (QED) is 0.208. The van der Waals surface area contributed by atoms with Crippen LogP contribution in [0.1, 0.15) is 45.7 Å². The molecule has 4 aromatic rings. The molecule has 0 spiro atoms. The summed E-state index contributed by atoms with van der Waals surface area (Å²) < 4.78 is 74.8. The summed E-state index contributed by atoms with van der Waals surface area (Å²) in [5.74, 6) is -3.30. The number of alkyl halides is 5. The summed E-state index contributed by atoms with van der Waals surface area (Å²) in [6.45, 7) is 1.23. The van der Waals surface area contributed by atoms with Crippen molar-refractivity contribution in [2.75, 3.05) is 18.8 Å². The molecule has 1 aliphatic heterocycles. The van der Waals surface area contributed by atoms with Crippen LogP contribution in [0.5, 0.6) is 0 Å². The predicted octanol–water partition coefficient (Wildman–Crippen LogP) is 6.00. The molecule has 1 aliphatic rings. The number of carbonyl (C=O) groups is 2. The lowest BCUT2D eigenvalue weighted by Gasteiger charge is -2.31. The van der Waals surface area contributed by atoms with Gasteiger partial charge in [-0.2, -0.15) is 13.2 Å². The summed E-state index contributed by atoms with van der Waals surface area (Å²) in [6, 6.07) is 8.47. The number of halogens is 5. The Morgan fingerprint density at radius 2 is 1.84 bits per heavy atom. The zero-order valence-corrected chi connectivity index (χ0v) is 22.8. The van der Waals surface area contributed by atoms with Gasteiger partial charge in [0.25, 0.3) is 11.8 Å². The number of furan rings is 1. The minimum Gasteiger partial charge on any atom is -0.458 e. The summed E-state index contributed by atoms with van der Waals surface area (Å²) in [4.78, 5) is 34.5. The van der Waals surface area contributed by atoms with Crippen molar-refractivity contribution in [1.29, 1.82) is 0 Å². The van der Waals surface area contributed by atoms with Gasteiger partial charge in [0.1, 0.15) is 17.2 Å². The first-order valence-electron chi connectivity index (χ1n) is 13.2. The molecular formula is C30H26F5N5O3. The summed E-state index contributed by atoms with van der Waals surface area (Å²) in [7, 11) is 0. The molecule has 0 radical (unpaired) electrons. The van der Waals surface area contributed by atoms with Crippen LogP contribution >= 0.6 is 0 Å². The van der Waals surface area contributed by atoms with Crippen molar-refractivity contribution in [3.8, 4) is 11.3 Å². The molecule has 0 aliphatic carbocycles. The molecule has 13 heteroatoms. The molecule has 1 aromatic carbocycles. The Balaban J connectivity index is 1.37.